The fraction of sp³-hybridized carbons (Fsp3) is 0.500. The zero-order valence-electron chi connectivity index (χ0n) is 12.8. The van der Waals surface area contributed by atoms with Crippen molar-refractivity contribution in [3.05, 3.63) is 32.7 Å². The number of rotatable bonds is 7. The van der Waals surface area contributed by atoms with Crippen LogP contribution in [-0.2, 0) is 6.54 Å². The molecule has 21 heavy (non-hydrogen) atoms. The molecule has 1 atom stereocenters. The van der Waals surface area contributed by atoms with E-state index in [1.807, 2.05) is 11.7 Å². The van der Waals surface area contributed by atoms with Crippen molar-refractivity contribution in [2.24, 2.45) is 0 Å². The number of aromatic nitrogens is 2. The molecule has 0 aliphatic carbocycles. The zero-order chi connectivity index (χ0) is 15.4. The maximum absolute atomic E-state index is 5.51. The molecule has 0 amide bonds. The molecule has 0 aromatic carbocycles. The Labute approximate surface area is 138 Å². The Hall–Kier alpha value is -0.890. The first-order valence-corrected chi connectivity index (χ1v) is 8.40. The normalized spacial score (nSPS) is 12.9. The first-order valence-electron chi connectivity index (χ1n) is 6.73. The molecule has 2 aromatic heterocycles. The summed E-state index contributed by atoms with van der Waals surface area (Å²) in [6, 6.07) is 2.12. The molecular formula is C14H21BrN4OS. The van der Waals surface area contributed by atoms with E-state index in [2.05, 4.69) is 56.8 Å². The van der Waals surface area contributed by atoms with Gasteiger partial charge in [-0.2, -0.15) is 5.10 Å². The van der Waals surface area contributed by atoms with Gasteiger partial charge in [0, 0.05) is 15.9 Å². The van der Waals surface area contributed by atoms with Gasteiger partial charge in [0.05, 0.1) is 25.9 Å². The van der Waals surface area contributed by atoms with Gasteiger partial charge in [-0.05, 0) is 48.5 Å². The lowest BCUT2D eigenvalue weighted by atomic mass is 10.1. The molecule has 0 saturated carbocycles. The van der Waals surface area contributed by atoms with Crippen LogP contribution in [0.1, 0.15) is 16.6 Å². The lowest BCUT2D eigenvalue weighted by Crippen LogP contribution is -2.25. The fourth-order valence-electron chi connectivity index (χ4n) is 2.20. The van der Waals surface area contributed by atoms with Gasteiger partial charge in [0.25, 0.3) is 0 Å². The minimum atomic E-state index is 0.0546. The van der Waals surface area contributed by atoms with Crippen LogP contribution in [0, 0.1) is 0 Å². The average molecular weight is 373 g/mol. The quantitative estimate of drug-likeness (QED) is 0.810. The van der Waals surface area contributed by atoms with E-state index >= 15 is 0 Å². The number of ether oxygens (including phenoxy) is 1. The van der Waals surface area contributed by atoms with Crippen molar-refractivity contribution in [3.63, 3.8) is 0 Å². The van der Waals surface area contributed by atoms with Gasteiger partial charge in [0.15, 0.2) is 5.75 Å². The molecular weight excluding hydrogens is 352 g/mol. The molecule has 0 radical (unpaired) electrons. The molecule has 2 aromatic rings. The van der Waals surface area contributed by atoms with Crippen LogP contribution in [0.2, 0.25) is 0 Å². The standard InChI is InChI=1S/C14H21BrN4OS/c1-16-12(14-10(15)5-8-21-14)13-11(20-4)9-17-19(13)7-6-18(2)3/h5,8-9,12,16H,6-7H2,1-4H3. The Morgan fingerprint density at radius 3 is 2.81 bits per heavy atom. The van der Waals surface area contributed by atoms with Gasteiger partial charge in [-0.15, -0.1) is 11.3 Å². The molecule has 116 valence electrons. The van der Waals surface area contributed by atoms with Crippen LogP contribution >= 0.6 is 27.3 Å². The van der Waals surface area contributed by atoms with E-state index in [1.165, 1.54) is 4.88 Å². The Kier molecular flexibility index (Phi) is 5.80. The molecule has 0 bridgehead atoms. The number of nitrogens with one attached hydrogen (secondary N) is 1. The lowest BCUT2D eigenvalue weighted by Gasteiger charge is -2.20. The summed E-state index contributed by atoms with van der Waals surface area (Å²) in [5.41, 5.74) is 1.06. The summed E-state index contributed by atoms with van der Waals surface area (Å²) >= 11 is 5.33. The van der Waals surface area contributed by atoms with E-state index in [1.54, 1.807) is 24.6 Å². The molecule has 0 spiro atoms. The number of likely N-dealkylation sites (N-methyl/N-ethyl adjacent to an activating group) is 1. The molecule has 0 saturated heterocycles. The first-order chi connectivity index (χ1) is 10.1. The summed E-state index contributed by atoms with van der Waals surface area (Å²) in [7, 11) is 7.77. The van der Waals surface area contributed by atoms with Gasteiger partial charge in [-0.3, -0.25) is 4.68 Å². The average Bonchev–Trinajstić information content (AvgIpc) is 3.05. The summed E-state index contributed by atoms with van der Waals surface area (Å²) < 4.78 is 8.63. The Bertz CT molecular complexity index is 581. The van der Waals surface area contributed by atoms with E-state index in [0.717, 1.165) is 29.0 Å². The molecule has 0 aliphatic rings. The summed E-state index contributed by atoms with van der Waals surface area (Å²) in [6.07, 6.45) is 1.79. The third-order valence-corrected chi connectivity index (χ3v) is 5.23. The number of thiophene rings is 1. The summed E-state index contributed by atoms with van der Waals surface area (Å²) in [5.74, 6) is 0.813. The first kappa shape index (κ1) is 16.5. The predicted molar refractivity (Wildman–Crippen MR) is 90.3 cm³/mol. The minimum Gasteiger partial charge on any atom is -0.493 e. The molecule has 2 heterocycles. The number of hydrogen-bond donors (Lipinski definition) is 1. The molecule has 7 heteroatoms. The van der Waals surface area contributed by atoms with Crippen LogP contribution in [0.25, 0.3) is 0 Å². The maximum Gasteiger partial charge on any atom is 0.161 e. The minimum absolute atomic E-state index is 0.0546. The van der Waals surface area contributed by atoms with E-state index in [-0.39, 0.29) is 6.04 Å². The van der Waals surface area contributed by atoms with Crippen molar-refractivity contribution in [2.75, 3.05) is 34.8 Å². The highest BCUT2D eigenvalue weighted by molar-refractivity contribution is 9.10. The van der Waals surface area contributed by atoms with Gasteiger partial charge in [-0.25, -0.2) is 0 Å². The third kappa shape index (κ3) is 3.66. The maximum atomic E-state index is 5.51. The SMILES string of the molecule is CNC(c1sccc1Br)c1c(OC)cnn1CCN(C)C. The van der Waals surface area contributed by atoms with Crippen LogP contribution < -0.4 is 10.1 Å². The molecule has 1 unspecified atom stereocenters. The largest absolute Gasteiger partial charge is 0.493 e. The Morgan fingerprint density at radius 2 is 2.29 bits per heavy atom. The fourth-order valence-corrected chi connectivity index (χ4v) is 3.92. The number of methoxy groups -OCH3 is 1. The molecule has 5 nitrogen and oxygen atoms in total. The van der Waals surface area contributed by atoms with Crippen LogP contribution in [0.4, 0.5) is 0 Å². The van der Waals surface area contributed by atoms with Crippen molar-refractivity contribution >= 4 is 27.3 Å². The van der Waals surface area contributed by atoms with Crippen molar-refractivity contribution in [3.8, 4) is 5.75 Å². The van der Waals surface area contributed by atoms with E-state index in [9.17, 15) is 0 Å². The van der Waals surface area contributed by atoms with Crippen molar-refractivity contribution < 1.29 is 4.74 Å². The smallest absolute Gasteiger partial charge is 0.161 e. The second kappa shape index (κ2) is 7.40. The van der Waals surface area contributed by atoms with Gasteiger partial charge >= 0.3 is 0 Å². The predicted octanol–water partition coefficient (Wildman–Crippen LogP) is 2.59. The monoisotopic (exact) mass is 372 g/mol. The van der Waals surface area contributed by atoms with Gasteiger partial charge < -0.3 is 15.0 Å². The highest BCUT2D eigenvalue weighted by Gasteiger charge is 2.25. The Balaban J connectivity index is 2.39. The number of nitrogens with zero attached hydrogens (tertiary/aromatic N) is 3. The molecule has 0 aliphatic heterocycles. The topological polar surface area (TPSA) is 42.3 Å². The summed E-state index contributed by atoms with van der Waals surface area (Å²) in [5, 5.41) is 9.94. The summed E-state index contributed by atoms with van der Waals surface area (Å²) in [4.78, 5) is 3.37. The number of hydrogen-bond acceptors (Lipinski definition) is 5. The Morgan fingerprint density at radius 1 is 1.52 bits per heavy atom. The zero-order valence-corrected chi connectivity index (χ0v) is 15.2. The highest BCUT2D eigenvalue weighted by atomic mass is 79.9. The van der Waals surface area contributed by atoms with E-state index < -0.39 is 0 Å². The van der Waals surface area contributed by atoms with Crippen LogP contribution in [-0.4, -0.2) is 49.5 Å². The molecule has 0 fully saturated rings. The van der Waals surface area contributed by atoms with Gasteiger partial charge in [-0.1, -0.05) is 0 Å². The van der Waals surface area contributed by atoms with Gasteiger partial charge in [0.2, 0.25) is 0 Å². The van der Waals surface area contributed by atoms with Crippen LogP contribution in [0.3, 0.4) is 0 Å². The molecule has 2 rings (SSSR count). The van der Waals surface area contributed by atoms with Gasteiger partial charge in [0.1, 0.15) is 5.69 Å². The van der Waals surface area contributed by atoms with Crippen LogP contribution in [0.5, 0.6) is 5.75 Å². The van der Waals surface area contributed by atoms with Crippen molar-refractivity contribution in [1.82, 2.24) is 20.0 Å². The molecule has 1 N–H and O–H groups in total. The second-order valence-electron chi connectivity index (χ2n) is 4.98. The second-order valence-corrected chi connectivity index (χ2v) is 6.78. The number of halogens is 1. The lowest BCUT2D eigenvalue weighted by molar-refractivity contribution is 0.361. The third-order valence-electron chi connectivity index (χ3n) is 3.29. The van der Waals surface area contributed by atoms with E-state index in [4.69, 9.17) is 4.74 Å². The van der Waals surface area contributed by atoms with Crippen molar-refractivity contribution in [1.29, 1.82) is 0 Å². The van der Waals surface area contributed by atoms with E-state index in [0.29, 0.717) is 0 Å². The summed E-state index contributed by atoms with van der Waals surface area (Å²) in [6.45, 7) is 1.76. The van der Waals surface area contributed by atoms with Crippen LogP contribution in [0.15, 0.2) is 22.1 Å². The van der Waals surface area contributed by atoms with Crippen molar-refractivity contribution in [2.45, 2.75) is 12.6 Å². The highest BCUT2D eigenvalue weighted by Crippen LogP contribution is 2.36.